The molecule has 1 N–H and O–H groups in total. The lowest BCUT2D eigenvalue weighted by Gasteiger charge is -2.07. The molecule has 0 unspecified atom stereocenters. The normalized spacial score (nSPS) is 10.1. The van der Waals surface area contributed by atoms with Crippen LogP contribution in [0.2, 0.25) is 0 Å². The molecule has 0 spiro atoms. The van der Waals surface area contributed by atoms with E-state index >= 15 is 0 Å². The van der Waals surface area contributed by atoms with Gasteiger partial charge < -0.3 is 10.1 Å². The van der Waals surface area contributed by atoms with Crippen molar-refractivity contribution in [2.75, 3.05) is 18.2 Å². The van der Waals surface area contributed by atoms with Gasteiger partial charge in [-0.25, -0.2) is 4.39 Å². The quantitative estimate of drug-likeness (QED) is 0.856. The highest BCUT2D eigenvalue weighted by Crippen LogP contribution is 2.22. The zero-order chi connectivity index (χ0) is 14.4. The fourth-order valence-corrected chi connectivity index (χ4v) is 2.34. The Balaban J connectivity index is 1.91. The summed E-state index contributed by atoms with van der Waals surface area (Å²) >= 11 is 1.17. The Labute approximate surface area is 121 Å². The first kappa shape index (κ1) is 14.4. The van der Waals surface area contributed by atoms with Gasteiger partial charge in [-0.15, -0.1) is 11.8 Å². The first-order chi connectivity index (χ1) is 9.69. The van der Waals surface area contributed by atoms with Crippen molar-refractivity contribution in [1.82, 2.24) is 0 Å². The van der Waals surface area contributed by atoms with Crippen LogP contribution in [0.4, 0.5) is 10.1 Å². The molecule has 20 heavy (non-hydrogen) atoms. The summed E-state index contributed by atoms with van der Waals surface area (Å²) in [6.45, 7) is 0. The van der Waals surface area contributed by atoms with Gasteiger partial charge in [0, 0.05) is 16.6 Å². The molecule has 5 heteroatoms. The van der Waals surface area contributed by atoms with Crippen molar-refractivity contribution >= 4 is 23.4 Å². The Bertz CT molecular complexity index is 604. The SMILES string of the molecule is COc1cccc(NC(=O)CSc2ccccc2F)c1. The van der Waals surface area contributed by atoms with Crippen molar-refractivity contribution in [2.45, 2.75) is 4.90 Å². The molecule has 0 aliphatic rings. The van der Waals surface area contributed by atoms with Crippen LogP contribution in [-0.2, 0) is 4.79 Å². The molecule has 2 aromatic rings. The van der Waals surface area contributed by atoms with Crippen LogP contribution in [0.25, 0.3) is 0 Å². The molecular weight excluding hydrogens is 277 g/mol. The second-order valence-electron chi connectivity index (χ2n) is 4.00. The molecule has 0 heterocycles. The summed E-state index contributed by atoms with van der Waals surface area (Å²) in [5, 5.41) is 2.74. The highest BCUT2D eigenvalue weighted by molar-refractivity contribution is 8.00. The van der Waals surface area contributed by atoms with Crippen LogP contribution in [0, 0.1) is 5.82 Å². The number of ether oxygens (including phenoxy) is 1. The highest BCUT2D eigenvalue weighted by atomic mass is 32.2. The van der Waals surface area contributed by atoms with Gasteiger partial charge in [0.05, 0.1) is 12.9 Å². The van der Waals surface area contributed by atoms with Crippen LogP contribution >= 0.6 is 11.8 Å². The molecule has 2 rings (SSSR count). The average molecular weight is 291 g/mol. The van der Waals surface area contributed by atoms with Gasteiger partial charge in [-0.3, -0.25) is 4.79 Å². The van der Waals surface area contributed by atoms with Crippen LogP contribution in [0.3, 0.4) is 0 Å². The van der Waals surface area contributed by atoms with Crippen LogP contribution < -0.4 is 10.1 Å². The molecule has 0 saturated carbocycles. The number of methoxy groups -OCH3 is 1. The third-order valence-corrected chi connectivity index (χ3v) is 3.60. The molecule has 0 aliphatic heterocycles. The van der Waals surface area contributed by atoms with Gasteiger partial charge in [0.15, 0.2) is 0 Å². The number of carbonyl (C=O) groups excluding carboxylic acids is 1. The molecule has 3 nitrogen and oxygen atoms in total. The van der Waals surface area contributed by atoms with Gasteiger partial charge in [-0.2, -0.15) is 0 Å². The molecular formula is C15H14FNO2S. The summed E-state index contributed by atoms with van der Waals surface area (Å²) in [5.74, 6) is 0.320. The van der Waals surface area contributed by atoms with E-state index in [9.17, 15) is 9.18 Å². The molecule has 0 radical (unpaired) electrons. The van der Waals surface area contributed by atoms with Crippen LogP contribution in [0.1, 0.15) is 0 Å². The standard InChI is InChI=1S/C15H14FNO2S/c1-19-12-6-4-5-11(9-12)17-15(18)10-20-14-8-3-2-7-13(14)16/h2-9H,10H2,1H3,(H,17,18). The first-order valence-corrected chi connectivity index (χ1v) is 6.99. The number of amides is 1. The summed E-state index contributed by atoms with van der Waals surface area (Å²) in [5.41, 5.74) is 0.656. The second kappa shape index (κ2) is 6.96. The molecule has 2 aromatic carbocycles. The summed E-state index contributed by atoms with van der Waals surface area (Å²) in [6, 6.07) is 13.5. The molecule has 0 atom stereocenters. The van der Waals surface area contributed by atoms with Crippen LogP contribution in [0.5, 0.6) is 5.75 Å². The minimum absolute atomic E-state index is 0.151. The van der Waals surface area contributed by atoms with E-state index < -0.39 is 0 Å². The maximum absolute atomic E-state index is 13.4. The van der Waals surface area contributed by atoms with E-state index in [0.717, 1.165) is 0 Å². The largest absolute Gasteiger partial charge is 0.497 e. The van der Waals surface area contributed by atoms with Crippen molar-refractivity contribution in [2.24, 2.45) is 0 Å². The minimum Gasteiger partial charge on any atom is -0.497 e. The Kier molecular flexibility index (Phi) is 5.01. The van der Waals surface area contributed by atoms with E-state index in [0.29, 0.717) is 16.3 Å². The molecule has 1 amide bonds. The summed E-state index contributed by atoms with van der Waals surface area (Å²) < 4.78 is 18.5. The van der Waals surface area contributed by atoms with Crippen molar-refractivity contribution in [1.29, 1.82) is 0 Å². The lowest BCUT2D eigenvalue weighted by atomic mass is 10.3. The number of hydrogen-bond acceptors (Lipinski definition) is 3. The maximum atomic E-state index is 13.4. The zero-order valence-electron chi connectivity index (χ0n) is 10.9. The van der Waals surface area contributed by atoms with Crippen molar-refractivity contribution in [3.63, 3.8) is 0 Å². The molecule has 0 fully saturated rings. The fourth-order valence-electron chi connectivity index (χ4n) is 1.60. The third-order valence-electron chi connectivity index (χ3n) is 2.55. The van der Waals surface area contributed by atoms with Gasteiger partial charge >= 0.3 is 0 Å². The Morgan fingerprint density at radius 3 is 2.80 bits per heavy atom. The smallest absolute Gasteiger partial charge is 0.234 e. The number of hydrogen-bond donors (Lipinski definition) is 1. The van der Waals surface area contributed by atoms with E-state index in [1.165, 1.54) is 17.8 Å². The molecule has 104 valence electrons. The van der Waals surface area contributed by atoms with Crippen LogP contribution in [0.15, 0.2) is 53.4 Å². The van der Waals surface area contributed by atoms with Crippen molar-refractivity contribution in [3.05, 3.63) is 54.3 Å². The Morgan fingerprint density at radius 1 is 1.25 bits per heavy atom. The number of carbonyl (C=O) groups is 1. The first-order valence-electron chi connectivity index (χ1n) is 6.00. The lowest BCUT2D eigenvalue weighted by Crippen LogP contribution is -2.14. The number of halogens is 1. The fraction of sp³-hybridized carbons (Fsp3) is 0.133. The van der Waals surface area contributed by atoms with E-state index in [-0.39, 0.29) is 17.5 Å². The number of nitrogens with one attached hydrogen (secondary N) is 1. The van der Waals surface area contributed by atoms with E-state index in [1.54, 1.807) is 49.6 Å². The zero-order valence-corrected chi connectivity index (χ0v) is 11.7. The molecule has 0 aromatic heterocycles. The summed E-state index contributed by atoms with van der Waals surface area (Å²) in [4.78, 5) is 12.3. The van der Waals surface area contributed by atoms with Crippen molar-refractivity contribution < 1.29 is 13.9 Å². The van der Waals surface area contributed by atoms with Gasteiger partial charge in [0.25, 0.3) is 0 Å². The number of thioether (sulfide) groups is 1. The maximum Gasteiger partial charge on any atom is 0.234 e. The second-order valence-corrected chi connectivity index (χ2v) is 5.02. The molecule has 0 saturated heterocycles. The van der Waals surface area contributed by atoms with Gasteiger partial charge in [0.2, 0.25) is 5.91 Å². The highest BCUT2D eigenvalue weighted by Gasteiger charge is 2.07. The predicted molar refractivity (Wildman–Crippen MR) is 78.7 cm³/mol. The average Bonchev–Trinajstić information content (AvgIpc) is 2.46. The van der Waals surface area contributed by atoms with Gasteiger partial charge in [-0.05, 0) is 24.3 Å². The molecule has 0 bridgehead atoms. The third kappa shape index (κ3) is 3.99. The van der Waals surface area contributed by atoms with Crippen LogP contribution in [-0.4, -0.2) is 18.8 Å². The minimum atomic E-state index is -0.313. The van der Waals surface area contributed by atoms with E-state index in [4.69, 9.17) is 4.74 Å². The summed E-state index contributed by atoms with van der Waals surface area (Å²) in [7, 11) is 1.56. The van der Waals surface area contributed by atoms with Gasteiger partial charge in [0.1, 0.15) is 11.6 Å². The van der Waals surface area contributed by atoms with Crippen molar-refractivity contribution in [3.8, 4) is 5.75 Å². The Hall–Kier alpha value is -2.01. The topological polar surface area (TPSA) is 38.3 Å². The predicted octanol–water partition coefficient (Wildman–Crippen LogP) is 3.57. The number of anilines is 1. The number of benzene rings is 2. The van der Waals surface area contributed by atoms with E-state index in [2.05, 4.69) is 5.32 Å². The molecule has 0 aliphatic carbocycles. The number of rotatable bonds is 5. The summed E-state index contributed by atoms with van der Waals surface area (Å²) in [6.07, 6.45) is 0. The Morgan fingerprint density at radius 2 is 2.05 bits per heavy atom. The lowest BCUT2D eigenvalue weighted by molar-refractivity contribution is -0.113. The van der Waals surface area contributed by atoms with E-state index in [1.807, 2.05) is 0 Å². The van der Waals surface area contributed by atoms with Gasteiger partial charge in [-0.1, -0.05) is 18.2 Å². The monoisotopic (exact) mass is 291 g/mol.